The first-order chi connectivity index (χ1) is 9.04. The topological polar surface area (TPSA) is 37.0 Å². The Hall–Kier alpha value is -2.24. The van der Waals surface area contributed by atoms with Gasteiger partial charge < -0.3 is 10.6 Å². The molecule has 2 heterocycles. The molecule has 0 amide bonds. The van der Waals surface area contributed by atoms with Gasteiger partial charge in [0.1, 0.15) is 11.5 Å². The zero-order valence-corrected chi connectivity index (χ0v) is 9.75. The van der Waals surface area contributed by atoms with Crippen molar-refractivity contribution in [2.75, 3.05) is 10.6 Å². The van der Waals surface area contributed by atoms with E-state index in [-0.39, 0.29) is 5.82 Å². The molecular formula is C13H10F3N3. The number of anilines is 3. The Balaban J connectivity index is 2.05. The predicted octanol–water partition coefficient (Wildman–Crippen LogP) is 3.77. The molecule has 1 aliphatic heterocycles. The van der Waals surface area contributed by atoms with Gasteiger partial charge in [0.2, 0.25) is 0 Å². The van der Waals surface area contributed by atoms with Crippen LogP contribution in [0.4, 0.5) is 30.4 Å². The Morgan fingerprint density at radius 1 is 1.00 bits per heavy atom. The van der Waals surface area contributed by atoms with E-state index in [1.165, 1.54) is 6.07 Å². The number of aromatic nitrogens is 1. The smallest absolute Gasteiger partial charge is 0.379 e. The Morgan fingerprint density at radius 2 is 1.74 bits per heavy atom. The highest BCUT2D eigenvalue weighted by Gasteiger charge is 2.33. The number of hydrogen-bond donors (Lipinski definition) is 2. The normalized spacial score (nSPS) is 13.6. The van der Waals surface area contributed by atoms with E-state index in [9.17, 15) is 13.2 Å². The van der Waals surface area contributed by atoms with E-state index in [0.29, 0.717) is 17.8 Å². The van der Waals surface area contributed by atoms with Gasteiger partial charge in [0.15, 0.2) is 0 Å². The molecule has 0 spiro atoms. The van der Waals surface area contributed by atoms with Gasteiger partial charge in [-0.15, -0.1) is 0 Å². The second-order valence-corrected chi connectivity index (χ2v) is 4.23. The summed E-state index contributed by atoms with van der Waals surface area (Å²) in [4.78, 5) is 3.67. The molecule has 0 aliphatic carbocycles. The molecule has 1 aromatic heterocycles. The molecule has 3 nitrogen and oxygen atoms in total. The molecule has 3 rings (SSSR count). The van der Waals surface area contributed by atoms with Gasteiger partial charge in [0, 0.05) is 12.1 Å². The number of alkyl halides is 3. The number of pyridine rings is 1. The SMILES string of the molecule is FC(F)(F)c1ccc2c(n1)Nc1ccccc1NC2. The van der Waals surface area contributed by atoms with Crippen molar-refractivity contribution in [2.24, 2.45) is 0 Å². The van der Waals surface area contributed by atoms with E-state index in [4.69, 9.17) is 0 Å². The molecule has 0 fully saturated rings. The highest BCUT2D eigenvalue weighted by atomic mass is 19.4. The van der Waals surface area contributed by atoms with Crippen LogP contribution in [0, 0.1) is 0 Å². The molecule has 1 aromatic carbocycles. The van der Waals surface area contributed by atoms with Crippen LogP contribution < -0.4 is 10.6 Å². The van der Waals surface area contributed by atoms with E-state index < -0.39 is 11.9 Å². The van der Waals surface area contributed by atoms with Crippen LogP contribution >= 0.6 is 0 Å². The van der Waals surface area contributed by atoms with Gasteiger partial charge in [-0.3, -0.25) is 0 Å². The van der Waals surface area contributed by atoms with Crippen LogP contribution in [-0.4, -0.2) is 4.98 Å². The predicted molar refractivity (Wildman–Crippen MR) is 66.3 cm³/mol. The summed E-state index contributed by atoms with van der Waals surface area (Å²) in [5.74, 6) is 0.243. The molecule has 6 heteroatoms. The van der Waals surface area contributed by atoms with Gasteiger partial charge in [-0.05, 0) is 18.2 Å². The summed E-state index contributed by atoms with van der Waals surface area (Å²) in [5, 5.41) is 6.10. The molecule has 2 N–H and O–H groups in total. The van der Waals surface area contributed by atoms with Crippen LogP contribution in [0.1, 0.15) is 11.3 Å². The molecule has 0 atom stereocenters. The van der Waals surface area contributed by atoms with Gasteiger partial charge in [-0.2, -0.15) is 13.2 Å². The van der Waals surface area contributed by atoms with Crippen molar-refractivity contribution in [3.63, 3.8) is 0 Å². The van der Waals surface area contributed by atoms with Gasteiger partial charge in [0.05, 0.1) is 11.4 Å². The molecule has 0 radical (unpaired) electrons. The summed E-state index contributed by atoms with van der Waals surface area (Å²) in [5.41, 5.74) is 1.37. The number of halogens is 3. The van der Waals surface area contributed by atoms with Crippen LogP contribution in [0.2, 0.25) is 0 Å². The number of fused-ring (bicyclic) bond motifs is 2. The first-order valence-corrected chi connectivity index (χ1v) is 5.71. The third-order valence-corrected chi connectivity index (χ3v) is 2.92. The fraction of sp³-hybridized carbons (Fsp3) is 0.154. The van der Waals surface area contributed by atoms with Crippen LogP contribution in [0.15, 0.2) is 36.4 Å². The molecule has 98 valence electrons. The van der Waals surface area contributed by atoms with E-state index >= 15 is 0 Å². The molecule has 0 saturated heterocycles. The first-order valence-electron chi connectivity index (χ1n) is 5.71. The third kappa shape index (κ3) is 2.21. The maximum Gasteiger partial charge on any atom is 0.433 e. The summed E-state index contributed by atoms with van der Waals surface area (Å²) < 4.78 is 37.9. The second-order valence-electron chi connectivity index (χ2n) is 4.23. The zero-order valence-electron chi connectivity index (χ0n) is 9.75. The number of benzene rings is 1. The van der Waals surface area contributed by atoms with E-state index in [1.807, 2.05) is 18.2 Å². The summed E-state index contributed by atoms with van der Waals surface area (Å²) in [6, 6.07) is 9.76. The van der Waals surface area contributed by atoms with Gasteiger partial charge in [-0.25, -0.2) is 4.98 Å². The number of hydrogen-bond acceptors (Lipinski definition) is 3. The third-order valence-electron chi connectivity index (χ3n) is 2.92. The molecule has 0 saturated carbocycles. The van der Waals surface area contributed by atoms with E-state index in [0.717, 1.165) is 11.8 Å². The van der Waals surface area contributed by atoms with E-state index in [2.05, 4.69) is 15.6 Å². The summed E-state index contributed by atoms with van der Waals surface area (Å²) in [7, 11) is 0. The average molecular weight is 265 g/mol. The molecule has 0 bridgehead atoms. The quantitative estimate of drug-likeness (QED) is 0.761. The summed E-state index contributed by atoms with van der Waals surface area (Å²) >= 11 is 0. The second kappa shape index (κ2) is 4.15. The first kappa shape index (κ1) is 11.8. The van der Waals surface area contributed by atoms with Gasteiger partial charge >= 0.3 is 6.18 Å². The number of nitrogens with one attached hydrogen (secondary N) is 2. The molecule has 19 heavy (non-hydrogen) atoms. The van der Waals surface area contributed by atoms with Crippen molar-refractivity contribution < 1.29 is 13.2 Å². The number of rotatable bonds is 0. The minimum atomic E-state index is -4.43. The maximum atomic E-state index is 12.6. The molecular weight excluding hydrogens is 255 g/mol. The minimum Gasteiger partial charge on any atom is -0.379 e. The van der Waals surface area contributed by atoms with E-state index in [1.54, 1.807) is 6.07 Å². The van der Waals surface area contributed by atoms with Crippen LogP contribution in [-0.2, 0) is 12.7 Å². The van der Waals surface area contributed by atoms with Crippen molar-refractivity contribution in [3.05, 3.63) is 47.7 Å². The number of para-hydroxylation sites is 2. The monoisotopic (exact) mass is 265 g/mol. The van der Waals surface area contributed by atoms with Crippen LogP contribution in [0.5, 0.6) is 0 Å². The van der Waals surface area contributed by atoms with Crippen molar-refractivity contribution in [1.29, 1.82) is 0 Å². The highest BCUT2D eigenvalue weighted by Crippen LogP contribution is 2.34. The van der Waals surface area contributed by atoms with Gasteiger partial charge in [-0.1, -0.05) is 18.2 Å². The Kier molecular flexibility index (Phi) is 2.58. The maximum absolute atomic E-state index is 12.6. The zero-order chi connectivity index (χ0) is 13.5. The van der Waals surface area contributed by atoms with Crippen LogP contribution in [0.25, 0.3) is 0 Å². The highest BCUT2D eigenvalue weighted by molar-refractivity contribution is 5.76. The Labute approximate surface area is 107 Å². The molecule has 0 unspecified atom stereocenters. The summed E-state index contributed by atoms with van der Waals surface area (Å²) in [6.45, 7) is 0.435. The lowest BCUT2D eigenvalue weighted by Gasteiger charge is -2.11. The summed E-state index contributed by atoms with van der Waals surface area (Å²) in [6.07, 6.45) is -4.43. The van der Waals surface area contributed by atoms with Gasteiger partial charge in [0.25, 0.3) is 0 Å². The van der Waals surface area contributed by atoms with Crippen molar-refractivity contribution in [1.82, 2.24) is 4.98 Å². The fourth-order valence-corrected chi connectivity index (χ4v) is 1.96. The Bertz CT molecular complexity index is 623. The average Bonchev–Trinajstić information content (AvgIpc) is 2.55. The largest absolute Gasteiger partial charge is 0.433 e. The lowest BCUT2D eigenvalue weighted by molar-refractivity contribution is -0.141. The lowest BCUT2D eigenvalue weighted by atomic mass is 10.2. The van der Waals surface area contributed by atoms with Crippen molar-refractivity contribution >= 4 is 17.2 Å². The fourth-order valence-electron chi connectivity index (χ4n) is 1.96. The molecule has 2 aromatic rings. The van der Waals surface area contributed by atoms with Crippen molar-refractivity contribution in [3.8, 4) is 0 Å². The lowest BCUT2D eigenvalue weighted by Crippen LogP contribution is -2.10. The van der Waals surface area contributed by atoms with Crippen molar-refractivity contribution in [2.45, 2.75) is 12.7 Å². The minimum absolute atomic E-state index is 0.243. The Morgan fingerprint density at radius 3 is 2.47 bits per heavy atom. The van der Waals surface area contributed by atoms with Crippen LogP contribution in [0.3, 0.4) is 0 Å². The number of nitrogens with zero attached hydrogens (tertiary/aromatic N) is 1. The molecule has 1 aliphatic rings. The standard InChI is InChI=1S/C13H10F3N3/c14-13(15,16)11-6-5-8-7-17-9-3-1-2-4-10(9)18-12(8)19-11/h1-6,17H,7H2,(H,18,19).